The summed E-state index contributed by atoms with van der Waals surface area (Å²) in [4.78, 5) is 5.14. The van der Waals surface area contributed by atoms with Crippen LogP contribution in [0, 0.1) is 0 Å². The van der Waals surface area contributed by atoms with Crippen LogP contribution in [0.5, 0.6) is 5.75 Å². The summed E-state index contributed by atoms with van der Waals surface area (Å²) in [5, 5.41) is 10.4. The zero-order valence-electron chi connectivity index (χ0n) is 24.0. The highest BCUT2D eigenvalue weighted by atomic mass is 16.5. The second-order valence-corrected chi connectivity index (χ2v) is 12.0. The highest BCUT2D eigenvalue weighted by Crippen LogP contribution is 2.35. The highest BCUT2D eigenvalue weighted by molar-refractivity contribution is 5.38. The third-order valence-corrected chi connectivity index (χ3v) is 7.89. The summed E-state index contributed by atoms with van der Waals surface area (Å²) < 4.78 is 6.38. The summed E-state index contributed by atoms with van der Waals surface area (Å²) in [7, 11) is 0. The number of ether oxygens (including phenoxy) is 1. The van der Waals surface area contributed by atoms with Crippen LogP contribution in [0.25, 0.3) is 0 Å². The predicted molar refractivity (Wildman–Crippen MR) is 163 cm³/mol. The minimum atomic E-state index is 0.0188. The molecule has 4 heteroatoms. The van der Waals surface area contributed by atoms with Crippen LogP contribution in [-0.2, 0) is 23.3 Å². The van der Waals surface area contributed by atoms with Crippen LogP contribution in [-0.4, -0.2) is 47.2 Å². The number of phenolic OH excluding ortho intramolecular Hbond substituents is 1. The molecule has 0 aliphatic carbocycles. The fraction of sp³-hybridized carbons (Fsp3) is 0.333. The molecule has 0 amide bonds. The second-order valence-electron chi connectivity index (χ2n) is 12.0. The van der Waals surface area contributed by atoms with Crippen LogP contribution in [0.3, 0.4) is 0 Å². The van der Waals surface area contributed by atoms with E-state index in [4.69, 9.17) is 4.74 Å². The Hall–Kier alpha value is -3.44. The van der Waals surface area contributed by atoms with Crippen molar-refractivity contribution in [2.45, 2.75) is 51.4 Å². The maximum absolute atomic E-state index is 10.4. The van der Waals surface area contributed by atoms with E-state index in [0.717, 1.165) is 31.7 Å². The van der Waals surface area contributed by atoms with Crippen molar-refractivity contribution < 1.29 is 9.84 Å². The van der Waals surface area contributed by atoms with Gasteiger partial charge in [0.2, 0.25) is 0 Å². The normalized spacial score (nSPS) is 17.5. The minimum Gasteiger partial charge on any atom is -0.508 e. The van der Waals surface area contributed by atoms with Crippen LogP contribution >= 0.6 is 0 Å². The van der Waals surface area contributed by atoms with E-state index in [1.165, 1.54) is 22.3 Å². The molecule has 0 aromatic heterocycles. The van der Waals surface area contributed by atoms with E-state index >= 15 is 0 Å². The standard InChI is InChI=1S/C36H42N2O2/c1-36(2,3)32-19-17-30(18-20-32)35(31-15-10-16-34(39)23-31)38-22-21-37(24-28-11-6-4-7-12-28)25-33(38)27-40-26-29-13-8-5-9-14-29/h4-20,23,33,35,39H,21-22,24-27H2,1-3H3/t33-,35?/m1/s1. The van der Waals surface area contributed by atoms with Gasteiger partial charge in [-0.15, -0.1) is 0 Å². The smallest absolute Gasteiger partial charge is 0.115 e. The Bertz CT molecular complexity index is 1330. The van der Waals surface area contributed by atoms with Gasteiger partial charge in [-0.05, 0) is 45.4 Å². The van der Waals surface area contributed by atoms with E-state index < -0.39 is 0 Å². The average molecular weight is 535 g/mol. The molecule has 1 unspecified atom stereocenters. The van der Waals surface area contributed by atoms with Gasteiger partial charge in [-0.1, -0.05) is 118 Å². The molecule has 1 aliphatic heterocycles. The summed E-state index contributed by atoms with van der Waals surface area (Å²) in [5.41, 5.74) is 6.28. The van der Waals surface area contributed by atoms with Crippen molar-refractivity contribution in [3.8, 4) is 5.75 Å². The van der Waals surface area contributed by atoms with Crippen molar-refractivity contribution in [2.24, 2.45) is 0 Å². The zero-order chi connectivity index (χ0) is 28.0. The molecule has 5 rings (SSSR count). The number of benzene rings is 4. The third-order valence-electron chi connectivity index (χ3n) is 7.89. The number of nitrogens with zero attached hydrogens (tertiary/aromatic N) is 2. The molecule has 0 radical (unpaired) electrons. The maximum Gasteiger partial charge on any atom is 0.115 e. The van der Waals surface area contributed by atoms with E-state index in [9.17, 15) is 5.11 Å². The number of hydrogen-bond acceptors (Lipinski definition) is 4. The van der Waals surface area contributed by atoms with Gasteiger partial charge in [-0.2, -0.15) is 0 Å². The monoisotopic (exact) mass is 534 g/mol. The quantitative estimate of drug-likeness (QED) is 0.247. The highest BCUT2D eigenvalue weighted by Gasteiger charge is 2.34. The molecule has 0 saturated carbocycles. The van der Waals surface area contributed by atoms with Crippen molar-refractivity contribution in [1.29, 1.82) is 0 Å². The van der Waals surface area contributed by atoms with Crippen LogP contribution < -0.4 is 0 Å². The Morgan fingerprint density at radius 1 is 0.775 bits per heavy atom. The Morgan fingerprint density at radius 3 is 2.10 bits per heavy atom. The van der Waals surface area contributed by atoms with Crippen molar-refractivity contribution in [2.75, 3.05) is 26.2 Å². The van der Waals surface area contributed by atoms with Gasteiger partial charge in [0.25, 0.3) is 0 Å². The average Bonchev–Trinajstić information content (AvgIpc) is 2.95. The van der Waals surface area contributed by atoms with Crippen molar-refractivity contribution in [1.82, 2.24) is 9.80 Å². The van der Waals surface area contributed by atoms with E-state index in [-0.39, 0.29) is 17.5 Å². The molecule has 1 heterocycles. The summed E-state index contributed by atoms with van der Waals surface area (Å²) in [6, 6.07) is 38.2. The molecule has 0 spiro atoms. The zero-order valence-corrected chi connectivity index (χ0v) is 24.0. The summed E-state index contributed by atoms with van der Waals surface area (Å²) in [6.45, 7) is 11.7. The van der Waals surface area contributed by atoms with E-state index in [1.54, 1.807) is 6.07 Å². The van der Waals surface area contributed by atoms with Crippen molar-refractivity contribution in [3.05, 3.63) is 137 Å². The first-order valence-corrected chi connectivity index (χ1v) is 14.4. The van der Waals surface area contributed by atoms with Crippen LogP contribution in [0.2, 0.25) is 0 Å². The third kappa shape index (κ3) is 7.19. The van der Waals surface area contributed by atoms with Crippen molar-refractivity contribution >= 4 is 0 Å². The molecule has 208 valence electrons. The number of phenols is 1. The van der Waals surface area contributed by atoms with Gasteiger partial charge in [-0.3, -0.25) is 9.80 Å². The molecule has 2 atom stereocenters. The van der Waals surface area contributed by atoms with Gasteiger partial charge >= 0.3 is 0 Å². The molecule has 4 aromatic carbocycles. The molecule has 40 heavy (non-hydrogen) atoms. The lowest BCUT2D eigenvalue weighted by atomic mass is 9.85. The SMILES string of the molecule is CC(C)(C)c1ccc(C(c2cccc(O)c2)N2CCN(Cc3ccccc3)C[C@@H]2COCc2ccccc2)cc1. The summed E-state index contributed by atoms with van der Waals surface area (Å²) in [6.07, 6.45) is 0. The number of rotatable bonds is 9. The summed E-state index contributed by atoms with van der Waals surface area (Å²) >= 11 is 0. The molecular weight excluding hydrogens is 492 g/mol. The Balaban J connectivity index is 1.44. The number of piperazine rings is 1. The Kier molecular flexibility index (Phi) is 9.01. The van der Waals surface area contributed by atoms with E-state index in [2.05, 4.69) is 116 Å². The van der Waals surface area contributed by atoms with Crippen LogP contribution in [0.1, 0.15) is 54.6 Å². The molecule has 1 aliphatic rings. The topological polar surface area (TPSA) is 35.9 Å². The lowest BCUT2D eigenvalue weighted by molar-refractivity contribution is -0.0118. The molecular formula is C36H42N2O2. The molecule has 1 saturated heterocycles. The van der Waals surface area contributed by atoms with Gasteiger partial charge < -0.3 is 9.84 Å². The summed E-state index contributed by atoms with van der Waals surface area (Å²) in [5.74, 6) is 0.299. The number of aromatic hydroxyl groups is 1. The van der Waals surface area contributed by atoms with Gasteiger partial charge in [0, 0.05) is 32.2 Å². The molecule has 4 nitrogen and oxygen atoms in total. The molecule has 1 N–H and O–H groups in total. The van der Waals surface area contributed by atoms with Gasteiger partial charge in [0.15, 0.2) is 0 Å². The van der Waals surface area contributed by atoms with Crippen LogP contribution in [0.4, 0.5) is 0 Å². The van der Waals surface area contributed by atoms with Gasteiger partial charge in [0.1, 0.15) is 5.75 Å². The first kappa shape index (κ1) is 28.1. The number of hydrogen-bond donors (Lipinski definition) is 1. The largest absolute Gasteiger partial charge is 0.508 e. The maximum atomic E-state index is 10.4. The minimum absolute atomic E-state index is 0.0188. The fourth-order valence-electron chi connectivity index (χ4n) is 5.73. The predicted octanol–water partition coefficient (Wildman–Crippen LogP) is 7.18. The molecule has 0 bridgehead atoms. The second kappa shape index (κ2) is 12.8. The first-order valence-electron chi connectivity index (χ1n) is 14.4. The Labute approximate surface area is 239 Å². The first-order chi connectivity index (χ1) is 19.4. The lowest BCUT2D eigenvalue weighted by Crippen LogP contribution is -2.55. The van der Waals surface area contributed by atoms with Crippen molar-refractivity contribution in [3.63, 3.8) is 0 Å². The van der Waals surface area contributed by atoms with Gasteiger partial charge in [0.05, 0.1) is 19.3 Å². The van der Waals surface area contributed by atoms with E-state index in [1.807, 2.05) is 18.2 Å². The Morgan fingerprint density at radius 2 is 1.45 bits per heavy atom. The van der Waals surface area contributed by atoms with Gasteiger partial charge in [-0.25, -0.2) is 0 Å². The lowest BCUT2D eigenvalue weighted by Gasteiger charge is -2.45. The van der Waals surface area contributed by atoms with Crippen LogP contribution in [0.15, 0.2) is 109 Å². The molecule has 1 fully saturated rings. The van der Waals surface area contributed by atoms with E-state index in [0.29, 0.717) is 19.0 Å². The molecule has 4 aromatic rings. The fourth-order valence-corrected chi connectivity index (χ4v) is 5.73.